The third kappa shape index (κ3) is 8.00. The zero-order chi connectivity index (χ0) is 46.5. The van der Waals surface area contributed by atoms with E-state index in [-0.39, 0.29) is 10.8 Å². The molecule has 0 aliphatic carbocycles. The number of aryl methyl sites for hydroxylation is 1. The minimum Gasteiger partial charge on any atom is -0.309 e. The van der Waals surface area contributed by atoms with Gasteiger partial charge in [-0.3, -0.25) is 0 Å². The molecule has 2 nitrogen and oxygen atoms in total. The summed E-state index contributed by atoms with van der Waals surface area (Å²) >= 11 is 4.41. The largest absolute Gasteiger partial charge is 0.309 e. The number of anilines is 6. The summed E-state index contributed by atoms with van der Waals surface area (Å²) in [6.07, 6.45) is 0. The molecule has 330 valence electrons. The van der Waals surface area contributed by atoms with Gasteiger partial charge in [-0.25, -0.2) is 0 Å². The molecule has 0 atom stereocenters. The maximum Gasteiger partial charge on any atom is 0.0703 e. The van der Waals surface area contributed by atoms with Crippen LogP contribution in [0.1, 0.15) is 80.5 Å². The van der Waals surface area contributed by atoms with Gasteiger partial charge in [0, 0.05) is 22.5 Å². The fourth-order valence-corrected chi connectivity index (χ4v) is 10.7. The molecule has 1 aliphatic heterocycles. The molecule has 0 saturated carbocycles. The van der Waals surface area contributed by atoms with Crippen molar-refractivity contribution in [3.8, 4) is 22.3 Å². The Morgan fingerprint density at radius 3 is 1.09 bits per heavy atom. The minimum atomic E-state index is -0.706. The Hall–Kier alpha value is -6.94. The molecule has 0 unspecified atom stereocenters. The molecule has 9 aromatic rings. The van der Waals surface area contributed by atoms with E-state index < -0.39 is 5.41 Å². The van der Waals surface area contributed by atoms with Crippen molar-refractivity contribution in [3.63, 3.8) is 0 Å². The average molecular weight is 934 g/mol. The first-order valence-corrected chi connectivity index (χ1v) is 24.2. The van der Waals surface area contributed by atoms with E-state index in [0.29, 0.717) is 0 Å². The van der Waals surface area contributed by atoms with Crippen molar-refractivity contribution in [1.29, 1.82) is 0 Å². The summed E-state index contributed by atoms with van der Waals surface area (Å²) in [6.45, 7) is 16.0. The zero-order valence-corrected chi connectivity index (χ0v) is 41.1. The van der Waals surface area contributed by atoms with Crippen molar-refractivity contribution in [2.24, 2.45) is 0 Å². The van der Waals surface area contributed by atoms with Crippen molar-refractivity contribution in [1.82, 2.24) is 0 Å². The number of hydrogen-bond acceptors (Lipinski definition) is 2. The van der Waals surface area contributed by atoms with Crippen molar-refractivity contribution < 1.29 is 0 Å². The zero-order valence-electron chi connectivity index (χ0n) is 39.6. The highest BCUT2D eigenvalue weighted by Gasteiger charge is 2.40. The van der Waals surface area contributed by atoms with E-state index in [1.165, 1.54) is 55.6 Å². The Morgan fingerprint density at radius 2 is 0.716 bits per heavy atom. The van der Waals surface area contributed by atoms with Crippen LogP contribution >= 0.6 is 15.9 Å². The van der Waals surface area contributed by atoms with Gasteiger partial charge in [-0.2, -0.15) is 0 Å². The van der Waals surface area contributed by atoms with Gasteiger partial charge in [0.1, 0.15) is 0 Å². The summed E-state index contributed by atoms with van der Waals surface area (Å²) in [5.74, 6) is 0. The highest BCUT2D eigenvalue weighted by Crippen LogP contribution is 2.54. The van der Waals surface area contributed by atoms with Gasteiger partial charge < -0.3 is 9.80 Å². The van der Waals surface area contributed by atoms with Crippen LogP contribution in [0.4, 0.5) is 34.1 Å². The van der Waals surface area contributed by atoms with E-state index >= 15 is 0 Å². The van der Waals surface area contributed by atoms with Crippen LogP contribution in [0.15, 0.2) is 223 Å². The van der Waals surface area contributed by atoms with Crippen LogP contribution in [-0.2, 0) is 16.2 Å². The molecule has 0 radical (unpaired) electrons. The molecule has 1 aliphatic rings. The number of nitrogens with zero attached hydrogens (tertiary/aromatic N) is 2. The van der Waals surface area contributed by atoms with E-state index in [0.717, 1.165) is 44.2 Å². The lowest BCUT2D eigenvalue weighted by atomic mass is 9.65. The van der Waals surface area contributed by atoms with Crippen LogP contribution in [0.25, 0.3) is 22.3 Å². The molecule has 0 N–H and O–H groups in total. The number of hydrogen-bond donors (Lipinski definition) is 0. The Bertz CT molecular complexity index is 3000. The molecule has 0 spiro atoms. The molecule has 0 amide bonds. The SMILES string of the molecule is Cc1cc2c(Br)c(c1)N(c1ccc(C(C)(C)C)cc1-c1ccccc1)c1cccc(c1)C(c1ccccc1)(c1ccccc1)c1cccc(c1)N2c1ccc(C(C)(C)C)cc1-c1ccccc1. The van der Waals surface area contributed by atoms with E-state index in [1.54, 1.807) is 0 Å². The predicted octanol–water partition coefficient (Wildman–Crippen LogP) is 18.3. The molecule has 9 aromatic carbocycles. The van der Waals surface area contributed by atoms with Crippen LogP contribution in [0.5, 0.6) is 0 Å². The number of halogens is 1. The number of benzene rings is 9. The molecule has 0 aromatic heterocycles. The Kier molecular flexibility index (Phi) is 11.4. The fourth-order valence-electron chi connectivity index (χ4n) is 10.1. The fraction of sp³-hybridized carbons (Fsp3) is 0.156. The van der Waals surface area contributed by atoms with Gasteiger partial charge in [0.15, 0.2) is 0 Å². The van der Waals surface area contributed by atoms with Crippen molar-refractivity contribution in [3.05, 3.63) is 262 Å². The number of rotatable bonds is 6. The van der Waals surface area contributed by atoms with E-state index in [9.17, 15) is 0 Å². The monoisotopic (exact) mass is 932 g/mol. The topological polar surface area (TPSA) is 6.48 Å². The summed E-state index contributed by atoms with van der Waals surface area (Å²) in [6, 6.07) is 81.4. The Labute approximate surface area is 406 Å². The molecule has 10 rings (SSSR count). The van der Waals surface area contributed by atoms with E-state index in [2.05, 4.69) is 293 Å². The summed E-state index contributed by atoms with van der Waals surface area (Å²) in [5.41, 5.74) is 18.7. The summed E-state index contributed by atoms with van der Waals surface area (Å²) in [7, 11) is 0. The van der Waals surface area contributed by atoms with Crippen LogP contribution in [0.3, 0.4) is 0 Å². The van der Waals surface area contributed by atoms with Crippen molar-refractivity contribution in [2.45, 2.75) is 64.7 Å². The lowest BCUT2D eigenvalue weighted by Gasteiger charge is -2.40. The summed E-state index contributed by atoms with van der Waals surface area (Å²) in [4.78, 5) is 4.99. The molecule has 3 heteroatoms. The lowest BCUT2D eigenvalue weighted by molar-refractivity contribution is 0.590. The minimum absolute atomic E-state index is 0.0574. The van der Waals surface area contributed by atoms with E-state index in [1.807, 2.05) is 0 Å². The average Bonchev–Trinajstić information content (AvgIpc) is 3.34. The molecule has 0 saturated heterocycles. The van der Waals surface area contributed by atoms with Gasteiger partial charge >= 0.3 is 0 Å². The first-order chi connectivity index (χ1) is 32.3. The first-order valence-electron chi connectivity index (χ1n) is 23.4. The molecule has 0 fully saturated rings. The number of fused-ring (bicyclic) bond motifs is 6. The van der Waals surface area contributed by atoms with Gasteiger partial charge in [-0.15, -0.1) is 0 Å². The second kappa shape index (κ2) is 17.4. The molecule has 6 bridgehead atoms. The van der Waals surface area contributed by atoms with Crippen LogP contribution in [-0.4, -0.2) is 0 Å². The van der Waals surface area contributed by atoms with Crippen molar-refractivity contribution in [2.75, 3.05) is 9.80 Å². The summed E-state index contributed by atoms with van der Waals surface area (Å²) < 4.78 is 0.990. The molecular formula is C64H57BrN2. The normalized spacial score (nSPS) is 13.4. The van der Waals surface area contributed by atoms with Gasteiger partial charge in [0.05, 0.1) is 32.6 Å². The Morgan fingerprint density at radius 1 is 0.358 bits per heavy atom. The third-order valence-electron chi connectivity index (χ3n) is 13.5. The second-order valence-corrected chi connectivity index (χ2v) is 20.9. The van der Waals surface area contributed by atoms with Crippen LogP contribution < -0.4 is 9.80 Å². The quantitative estimate of drug-likeness (QED) is 0.164. The standard InChI is InChI=1S/C64H57BrN2/c1-44-38-59-61(65)60(39-44)67(58-37-35-50(63(5,6)7)43-56(58)46-24-14-9-15-25-46)54-33-21-31-52(41-54)64(47-26-16-10-17-27-47,48-28-18-11-19-29-48)51-30-20-32-53(40-51)66(59)57-36-34-49(62(2,3)4)42-55(57)45-22-12-8-13-23-45/h8-43H,1-7H3. The van der Waals surface area contributed by atoms with Gasteiger partial charge in [0.2, 0.25) is 0 Å². The predicted molar refractivity (Wildman–Crippen MR) is 288 cm³/mol. The highest BCUT2D eigenvalue weighted by atomic mass is 79.9. The second-order valence-electron chi connectivity index (χ2n) is 20.1. The lowest BCUT2D eigenvalue weighted by Crippen LogP contribution is -2.31. The van der Waals surface area contributed by atoms with Crippen LogP contribution in [0.2, 0.25) is 0 Å². The molecule has 1 heterocycles. The van der Waals surface area contributed by atoms with Crippen molar-refractivity contribution >= 4 is 50.1 Å². The van der Waals surface area contributed by atoms with Gasteiger partial charge in [0.25, 0.3) is 0 Å². The molecular weight excluding hydrogens is 877 g/mol. The Balaban J connectivity index is 1.39. The van der Waals surface area contributed by atoms with Crippen LogP contribution in [0, 0.1) is 6.92 Å². The van der Waals surface area contributed by atoms with Gasteiger partial charge in [-0.05, 0) is 144 Å². The van der Waals surface area contributed by atoms with E-state index in [4.69, 9.17) is 0 Å². The van der Waals surface area contributed by atoms with Gasteiger partial charge in [-0.1, -0.05) is 199 Å². The first kappa shape index (κ1) is 43.9. The third-order valence-corrected chi connectivity index (χ3v) is 14.3. The smallest absolute Gasteiger partial charge is 0.0703 e. The summed E-state index contributed by atoms with van der Waals surface area (Å²) in [5, 5.41) is 0. The maximum atomic E-state index is 4.41. The maximum absolute atomic E-state index is 4.41. The highest BCUT2D eigenvalue weighted by molar-refractivity contribution is 9.10. The molecule has 67 heavy (non-hydrogen) atoms.